The van der Waals surface area contributed by atoms with Crippen LogP contribution in [-0.4, -0.2) is 59.3 Å². The van der Waals surface area contributed by atoms with Crippen molar-refractivity contribution < 1.29 is 13.2 Å². The van der Waals surface area contributed by atoms with Crippen LogP contribution < -0.4 is 0 Å². The van der Waals surface area contributed by atoms with Gasteiger partial charge in [0.15, 0.2) is 5.03 Å². The third-order valence-electron chi connectivity index (χ3n) is 4.80. The first-order valence-corrected chi connectivity index (χ1v) is 9.00. The number of hydrogen-bond acceptors (Lipinski definition) is 4. The Kier molecular flexibility index (Phi) is 3.76. The van der Waals surface area contributed by atoms with E-state index in [4.69, 9.17) is 0 Å². The van der Waals surface area contributed by atoms with Crippen molar-refractivity contribution in [2.24, 2.45) is 12.5 Å². The van der Waals surface area contributed by atoms with E-state index >= 15 is 0 Å². The van der Waals surface area contributed by atoms with Crippen LogP contribution in [0.15, 0.2) is 17.6 Å². The largest absolute Gasteiger partial charge is 0.342 e. The summed E-state index contributed by atoms with van der Waals surface area (Å²) < 4.78 is 28.5. The number of likely N-dealkylation sites (tertiary alicyclic amines) is 1. The molecule has 0 N–H and O–H groups in total. The zero-order valence-corrected chi connectivity index (χ0v) is 13.8. The zero-order chi connectivity index (χ0) is 16.0. The smallest absolute Gasteiger partial charge is 0.262 e. The SMILES string of the molecule is CC(=O)N1CCC[C@@]2(CCN(S(=O)(=O)c3cn(C)cn3)C2)C1. The molecule has 0 bridgehead atoms. The number of imidazole rings is 1. The predicted molar refractivity (Wildman–Crippen MR) is 80.5 cm³/mol. The Balaban J connectivity index is 1.78. The molecule has 3 rings (SSSR count). The topological polar surface area (TPSA) is 75.5 Å². The second kappa shape index (κ2) is 5.34. The Morgan fingerprint density at radius 3 is 2.68 bits per heavy atom. The molecule has 2 fully saturated rings. The van der Waals surface area contributed by atoms with Gasteiger partial charge in [0, 0.05) is 51.8 Å². The number of aromatic nitrogens is 2. The Bertz CT molecular complexity index is 684. The zero-order valence-electron chi connectivity index (χ0n) is 13.0. The molecule has 0 radical (unpaired) electrons. The summed E-state index contributed by atoms with van der Waals surface area (Å²) >= 11 is 0. The van der Waals surface area contributed by atoms with Gasteiger partial charge in [0.25, 0.3) is 10.0 Å². The Hall–Kier alpha value is -1.41. The van der Waals surface area contributed by atoms with Crippen LogP contribution in [-0.2, 0) is 21.9 Å². The second-order valence-corrected chi connectivity index (χ2v) is 8.39. The third-order valence-corrected chi connectivity index (χ3v) is 6.53. The summed E-state index contributed by atoms with van der Waals surface area (Å²) in [6.45, 7) is 4.01. The van der Waals surface area contributed by atoms with Gasteiger partial charge in [-0.1, -0.05) is 0 Å². The van der Waals surface area contributed by atoms with Gasteiger partial charge in [0.05, 0.1) is 6.33 Å². The molecule has 1 amide bonds. The van der Waals surface area contributed by atoms with Crippen molar-refractivity contribution in [3.05, 3.63) is 12.5 Å². The summed E-state index contributed by atoms with van der Waals surface area (Å²) in [5.41, 5.74) is -0.0915. The normalized spacial score (nSPS) is 26.7. The van der Waals surface area contributed by atoms with Crippen LogP contribution in [0.2, 0.25) is 0 Å². The molecule has 3 heterocycles. The fraction of sp³-hybridized carbons (Fsp3) is 0.714. The summed E-state index contributed by atoms with van der Waals surface area (Å²) in [5.74, 6) is 0.0742. The minimum atomic E-state index is -3.53. The fourth-order valence-electron chi connectivity index (χ4n) is 3.56. The number of nitrogens with zero attached hydrogens (tertiary/aromatic N) is 4. The van der Waals surface area contributed by atoms with Crippen molar-refractivity contribution in [1.29, 1.82) is 0 Å². The first kappa shape index (κ1) is 15.5. The molecule has 7 nitrogen and oxygen atoms in total. The second-order valence-electron chi connectivity index (χ2n) is 6.51. The van der Waals surface area contributed by atoms with E-state index in [0.717, 1.165) is 25.8 Å². The molecular formula is C14H22N4O3S. The lowest BCUT2D eigenvalue weighted by Crippen LogP contribution is -2.47. The van der Waals surface area contributed by atoms with Crippen molar-refractivity contribution >= 4 is 15.9 Å². The summed E-state index contributed by atoms with van der Waals surface area (Å²) in [4.78, 5) is 17.4. The van der Waals surface area contributed by atoms with E-state index in [2.05, 4.69) is 4.98 Å². The van der Waals surface area contributed by atoms with E-state index in [0.29, 0.717) is 19.6 Å². The van der Waals surface area contributed by atoms with Crippen LogP contribution in [0.4, 0.5) is 0 Å². The quantitative estimate of drug-likeness (QED) is 0.790. The van der Waals surface area contributed by atoms with Gasteiger partial charge in [0.1, 0.15) is 0 Å². The monoisotopic (exact) mass is 326 g/mol. The number of carbonyl (C=O) groups is 1. The van der Waals surface area contributed by atoms with E-state index in [-0.39, 0.29) is 16.3 Å². The van der Waals surface area contributed by atoms with Crippen molar-refractivity contribution in [3.8, 4) is 0 Å². The fourth-order valence-corrected chi connectivity index (χ4v) is 5.08. The van der Waals surface area contributed by atoms with E-state index < -0.39 is 10.0 Å². The highest BCUT2D eigenvalue weighted by molar-refractivity contribution is 7.89. The Labute approximate surface area is 131 Å². The molecule has 22 heavy (non-hydrogen) atoms. The molecule has 0 unspecified atom stereocenters. The number of carbonyl (C=O) groups excluding carboxylic acids is 1. The summed E-state index contributed by atoms with van der Waals surface area (Å²) in [7, 11) is -1.78. The van der Waals surface area contributed by atoms with Gasteiger partial charge >= 0.3 is 0 Å². The molecule has 122 valence electrons. The molecule has 2 aliphatic heterocycles. The van der Waals surface area contributed by atoms with Crippen LogP contribution in [0.1, 0.15) is 26.2 Å². The van der Waals surface area contributed by atoms with Crippen LogP contribution in [0.25, 0.3) is 0 Å². The number of piperidine rings is 1. The average Bonchev–Trinajstić information content (AvgIpc) is 3.07. The van der Waals surface area contributed by atoms with Crippen LogP contribution in [0.5, 0.6) is 0 Å². The molecule has 1 spiro atoms. The molecule has 1 aromatic rings. The van der Waals surface area contributed by atoms with Gasteiger partial charge in [-0.05, 0) is 19.3 Å². The molecular weight excluding hydrogens is 304 g/mol. The highest BCUT2D eigenvalue weighted by atomic mass is 32.2. The van der Waals surface area contributed by atoms with Gasteiger partial charge < -0.3 is 9.47 Å². The standard InChI is InChI=1S/C14H22N4O3S/c1-12(19)17-6-3-4-14(9-17)5-7-18(10-14)22(20,21)13-8-16(2)11-15-13/h8,11H,3-7,9-10H2,1-2H3/t14-/m1/s1. The molecule has 1 atom stereocenters. The van der Waals surface area contributed by atoms with Crippen LogP contribution in [0.3, 0.4) is 0 Å². The van der Waals surface area contributed by atoms with Gasteiger partial charge in [-0.2, -0.15) is 4.31 Å². The first-order valence-electron chi connectivity index (χ1n) is 7.56. The number of aryl methyl sites for hydroxylation is 1. The first-order chi connectivity index (χ1) is 10.3. The number of sulfonamides is 1. The van der Waals surface area contributed by atoms with Crippen molar-refractivity contribution in [3.63, 3.8) is 0 Å². The number of rotatable bonds is 2. The Morgan fingerprint density at radius 1 is 1.27 bits per heavy atom. The molecule has 0 aromatic carbocycles. The molecule has 0 saturated carbocycles. The van der Waals surface area contributed by atoms with Crippen molar-refractivity contribution in [1.82, 2.24) is 18.8 Å². The minimum Gasteiger partial charge on any atom is -0.342 e. The maximum absolute atomic E-state index is 12.7. The maximum Gasteiger partial charge on any atom is 0.262 e. The maximum atomic E-state index is 12.7. The van der Waals surface area contributed by atoms with Gasteiger partial charge in [-0.3, -0.25) is 4.79 Å². The summed E-state index contributed by atoms with van der Waals surface area (Å²) in [6.07, 6.45) is 5.75. The molecule has 0 aliphatic carbocycles. The van der Waals surface area contributed by atoms with Gasteiger partial charge in [0.2, 0.25) is 5.91 Å². The van der Waals surface area contributed by atoms with E-state index in [9.17, 15) is 13.2 Å². The van der Waals surface area contributed by atoms with Gasteiger partial charge in [-0.15, -0.1) is 0 Å². The lowest BCUT2D eigenvalue weighted by atomic mass is 9.79. The van der Waals surface area contributed by atoms with Crippen molar-refractivity contribution in [2.75, 3.05) is 26.2 Å². The highest BCUT2D eigenvalue weighted by Gasteiger charge is 2.46. The summed E-state index contributed by atoms with van der Waals surface area (Å²) in [6, 6.07) is 0. The lowest BCUT2D eigenvalue weighted by Gasteiger charge is -2.40. The van der Waals surface area contributed by atoms with Gasteiger partial charge in [-0.25, -0.2) is 13.4 Å². The molecule has 2 saturated heterocycles. The average molecular weight is 326 g/mol. The van der Waals surface area contributed by atoms with E-state index in [1.807, 2.05) is 4.90 Å². The summed E-state index contributed by atoms with van der Waals surface area (Å²) in [5, 5.41) is 0.103. The predicted octanol–water partition coefficient (Wildman–Crippen LogP) is 0.443. The molecule has 2 aliphatic rings. The lowest BCUT2D eigenvalue weighted by molar-refractivity contribution is -0.132. The minimum absolute atomic E-state index is 0.0742. The highest BCUT2D eigenvalue weighted by Crippen LogP contribution is 2.40. The Morgan fingerprint density at radius 2 is 2.05 bits per heavy atom. The van der Waals surface area contributed by atoms with Crippen LogP contribution in [0, 0.1) is 5.41 Å². The van der Waals surface area contributed by atoms with Crippen LogP contribution >= 0.6 is 0 Å². The number of amides is 1. The molecule has 1 aromatic heterocycles. The van der Waals surface area contributed by atoms with Crippen molar-refractivity contribution in [2.45, 2.75) is 31.2 Å². The molecule has 8 heteroatoms. The number of hydrogen-bond donors (Lipinski definition) is 0. The third kappa shape index (κ3) is 2.65. The van der Waals surface area contributed by atoms with E-state index in [1.165, 1.54) is 16.8 Å². The van der Waals surface area contributed by atoms with E-state index in [1.54, 1.807) is 18.5 Å².